The molecule has 3 fully saturated rings. The lowest BCUT2D eigenvalue weighted by atomic mass is 9.78. The van der Waals surface area contributed by atoms with Crippen molar-refractivity contribution in [2.45, 2.75) is 50.7 Å². The van der Waals surface area contributed by atoms with E-state index < -0.39 is 72.2 Å². The van der Waals surface area contributed by atoms with Gasteiger partial charge in [0.25, 0.3) is 12.0 Å². The highest BCUT2D eigenvalue weighted by Gasteiger charge is 2.71. The third-order valence-electron chi connectivity index (χ3n) is 6.42. The minimum atomic E-state index is -5.54. The Balaban J connectivity index is 1.53. The van der Waals surface area contributed by atoms with Crippen LogP contribution < -0.4 is 4.74 Å². The third kappa shape index (κ3) is 4.92. The van der Waals surface area contributed by atoms with E-state index in [1.54, 1.807) is 19.1 Å². The number of ether oxygens (including phenoxy) is 4. The molecule has 1 saturated heterocycles. The number of alkyl halides is 5. The Morgan fingerprint density at radius 2 is 1.80 bits per heavy atom. The number of carbonyl (C=O) groups is 3. The van der Waals surface area contributed by atoms with Crippen molar-refractivity contribution in [1.82, 2.24) is 0 Å². The first kappa shape index (κ1) is 26.6. The summed E-state index contributed by atoms with van der Waals surface area (Å²) >= 11 is 4.05. The fourth-order valence-electron chi connectivity index (χ4n) is 5.16. The summed E-state index contributed by atoms with van der Waals surface area (Å²) in [7, 11) is 0. The van der Waals surface area contributed by atoms with Crippen LogP contribution in [-0.2, 0) is 23.8 Å². The Bertz CT molecular complexity index is 1040. The van der Waals surface area contributed by atoms with Crippen LogP contribution in [0.2, 0.25) is 0 Å². The summed E-state index contributed by atoms with van der Waals surface area (Å²) < 4.78 is 88.1. The van der Waals surface area contributed by atoms with Gasteiger partial charge in [0, 0.05) is 22.3 Å². The van der Waals surface area contributed by atoms with Crippen LogP contribution in [0.4, 0.5) is 26.7 Å². The van der Waals surface area contributed by atoms with Crippen LogP contribution in [0.15, 0.2) is 12.1 Å². The SMILES string of the molecule is Cc1cc(I)cc(I)c1OC(=O)OC1C2CC3C1OC(=O)C3C2C(=O)OC(C(C)(F)F)C(F)(F)F. The predicted molar refractivity (Wildman–Crippen MR) is 123 cm³/mol. The largest absolute Gasteiger partial charge is 0.514 e. The van der Waals surface area contributed by atoms with Crippen molar-refractivity contribution in [3.8, 4) is 5.75 Å². The molecule has 1 aromatic rings. The molecule has 2 aliphatic carbocycles. The molecule has 0 spiro atoms. The summed E-state index contributed by atoms with van der Waals surface area (Å²) in [5.41, 5.74) is 0.638. The molecule has 0 aromatic heterocycles. The molecule has 7 atom stereocenters. The average Bonchev–Trinajstić information content (AvgIpc) is 3.30. The van der Waals surface area contributed by atoms with Gasteiger partial charge in [-0.25, -0.2) is 13.6 Å². The van der Waals surface area contributed by atoms with Crippen molar-refractivity contribution in [3.63, 3.8) is 0 Å². The number of halogens is 7. The third-order valence-corrected chi connectivity index (χ3v) is 7.85. The molecule has 1 aliphatic heterocycles. The molecule has 7 nitrogen and oxygen atoms in total. The Hall–Kier alpha value is -1.46. The van der Waals surface area contributed by atoms with Crippen LogP contribution in [0.25, 0.3) is 0 Å². The topological polar surface area (TPSA) is 88.1 Å². The number of aryl methyl sites for hydroxylation is 1. The number of hydrogen-bond acceptors (Lipinski definition) is 7. The van der Waals surface area contributed by atoms with Gasteiger partial charge >= 0.3 is 24.3 Å². The van der Waals surface area contributed by atoms with Crippen LogP contribution in [0.3, 0.4) is 0 Å². The maximum Gasteiger partial charge on any atom is 0.514 e. The number of carbonyl (C=O) groups excluding carboxylic acids is 3. The number of esters is 2. The first-order chi connectivity index (χ1) is 16.1. The minimum Gasteiger partial charge on any atom is -0.458 e. The number of hydrogen-bond donors (Lipinski definition) is 0. The van der Waals surface area contributed by atoms with Crippen molar-refractivity contribution in [2.24, 2.45) is 23.7 Å². The molecule has 35 heavy (non-hydrogen) atoms. The number of benzene rings is 1. The van der Waals surface area contributed by atoms with Gasteiger partial charge in [-0.15, -0.1) is 0 Å². The maximum absolute atomic E-state index is 13.6. The zero-order chi connectivity index (χ0) is 26.0. The van der Waals surface area contributed by atoms with E-state index in [4.69, 9.17) is 14.2 Å². The Kier molecular flexibility index (Phi) is 6.94. The molecule has 1 heterocycles. The molecule has 0 amide bonds. The Labute approximate surface area is 222 Å². The summed E-state index contributed by atoms with van der Waals surface area (Å²) in [6.07, 6.45) is -12.4. The standard InChI is InChI=1S/C21H17F5I2O7/c1-6-3-7(27)4-10(28)13(6)33-19(31)34-15-9-5-8-11(16(29)32-14(8)15)12(9)17(30)35-18(20(2,22)23)21(24,25)26/h3-4,8-9,11-12,14-15,18H,5H2,1-2H3. The summed E-state index contributed by atoms with van der Waals surface area (Å²) in [6.45, 7) is 1.69. The zero-order valence-corrected chi connectivity index (χ0v) is 22.2. The van der Waals surface area contributed by atoms with Crippen molar-refractivity contribution < 1.29 is 55.3 Å². The molecule has 0 N–H and O–H groups in total. The van der Waals surface area contributed by atoms with E-state index in [1.807, 2.05) is 22.6 Å². The smallest absolute Gasteiger partial charge is 0.458 e. The maximum atomic E-state index is 13.6. The van der Waals surface area contributed by atoms with E-state index >= 15 is 0 Å². The molecule has 0 radical (unpaired) electrons. The molecule has 14 heteroatoms. The van der Waals surface area contributed by atoms with Gasteiger partial charge in [0.1, 0.15) is 12.2 Å². The van der Waals surface area contributed by atoms with Gasteiger partial charge in [0.05, 0.1) is 15.4 Å². The van der Waals surface area contributed by atoms with E-state index in [2.05, 4.69) is 27.3 Å². The monoisotopic (exact) mass is 730 g/mol. The summed E-state index contributed by atoms with van der Waals surface area (Å²) in [4.78, 5) is 37.6. The second kappa shape index (κ2) is 9.13. The van der Waals surface area contributed by atoms with Gasteiger partial charge in [-0.1, -0.05) is 0 Å². The van der Waals surface area contributed by atoms with Gasteiger partial charge < -0.3 is 18.9 Å². The van der Waals surface area contributed by atoms with Crippen LogP contribution in [-0.4, -0.2) is 48.5 Å². The Morgan fingerprint density at radius 3 is 2.37 bits per heavy atom. The lowest BCUT2D eigenvalue weighted by Gasteiger charge is -2.32. The summed E-state index contributed by atoms with van der Waals surface area (Å²) in [5.74, 6) is -11.0. The van der Waals surface area contributed by atoms with Crippen molar-refractivity contribution >= 4 is 63.3 Å². The van der Waals surface area contributed by atoms with E-state index in [1.165, 1.54) is 0 Å². The van der Waals surface area contributed by atoms with Crippen molar-refractivity contribution in [1.29, 1.82) is 0 Å². The highest BCUT2D eigenvalue weighted by molar-refractivity contribution is 14.1. The van der Waals surface area contributed by atoms with Gasteiger partial charge in [-0.3, -0.25) is 9.59 Å². The summed E-state index contributed by atoms with van der Waals surface area (Å²) in [5, 5.41) is 0. The second-order valence-electron chi connectivity index (χ2n) is 8.80. The van der Waals surface area contributed by atoms with Crippen LogP contribution in [0.1, 0.15) is 18.9 Å². The zero-order valence-electron chi connectivity index (χ0n) is 17.9. The molecule has 3 aliphatic rings. The first-order valence-electron chi connectivity index (χ1n) is 10.3. The number of fused-ring (bicyclic) bond motifs is 1. The normalized spacial score (nSPS) is 30.1. The molecule has 1 aromatic carbocycles. The molecule has 7 unspecified atom stereocenters. The fourth-order valence-corrected chi connectivity index (χ4v) is 7.40. The molecular formula is C21H17F5I2O7. The lowest BCUT2D eigenvalue weighted by molar-refractivity contribution is -0.275. The Morgan fingerprint density at radius 1 is 1.14 bits per heavy atom. The van der Waals surface area contributed by atoms with Crippen molar-refractivity contribution in [2.75, 3.05) is 0 Å². The first-order valence-corrected chi connectivity index (χ1v) is 12.4. The average molecular weight is 730 g/mol. The van der Waals surface area contributed by atoms with Gasteiger partial charge in [0.15, 0.2) is 5.75 Å². The molecular weight excluding hydrogens is 713 g/mol. The quantitative estimate of drug-likeness (QED) is 0.138. The molecule has 4 rings (SSSR count). The van der Waals surface area contributed by atoms with Gasteiger partial charge in [-0.2, -0.15) is 13.2 Å². The molecule has 2 saturated carbocycles. The van der Waals surface area contributed by atoms with E-state index in [9.17, 15) is 36.3 Å². The number of rotatable bonds is 5. The van der Waals surface area contributed by atoms with Crippen LogP contribution in [0.5, 0.6) is 5.75 Å². The molecule has 2 bridgehead atoms. The van der Waals surface area contributed by atoms with Gasteiger partial charge in [-0.05, 0) is 76.2 Å². The highest BCUT2D eigenvalue weighted by atomic mass is 127. The minimum absolute atomic E-state index is 0.0189. The van der Waals surface area contributed by atoms with Crippen LogP contribution >= 0.6 is 45.2 Å². The lowest BCUT2D eigenvalue weighted by Crippen LogP contribution is -2.50. The van der Waals surface area contributed by atoms with Crippen LogP contribution in [0, 0.1) is 37.7 Å². The fraction of sp³-hybridized carbons (Fsp3) is 0.571. The second-order valence-corrected chi connectivity index (χ2v) is 11.2. The van der Waals surface area contributed by atoms with E-state index in [0.29, 0.717) is 9.13 Å². The predicted octanol–water partition coefficient (Wildman–Crippen LogP) is 5.03. The molecule has 192 valence electrons. The summed E-state index contributed by atoms with van der Waals surface area (Å²) in [6, 6.07) is 3.52. The van der Waals surface area contributed by atoms with E-state index in [0.717, 1.165) is 3.57 Å². The van der Waals surface area contributed by atoms with Gasteiger partial charge in [0.2, 0.25) is 0 Å². The van der Waals surface area contributed by atoms with E-state index in [-0.39, 0.29) is 19.1 Å². The van der Waals surface area contributed by atoms with Crippen molar-refractivity contribution in [3.05, 3.63) is 24.8 Å². The highest BCUT2D eigenvalue weighted by Crippen LogP contribution is 2.59.